The molecular formula is C13H17BrFNO. The molecule has 94 valence electrons. The molecule has 1 N–H and O–H groups in total. The van der Waals surface area contributed by atoms with Crippen molar-refractivity contribution in [2.24, 2.45) is 5.92 Å². The summed E-state index contributed by atoms with van der Waals surface area (Å²) in [4.78, 5) is 2.17. The average Bonchev–Trinajstić information content (AvgIpc) is 2.30. The van der Waals surface area contributed by atoms with Crippen molar-refractivity contribution in [1.82, 2.24) is 4.90 Å². The first kappa shape index (κ1) is 13.0. The average molecular weight is 302 g/mol. The number of rotatable bonds is 2. The minimum Gasteiger partial charge on any atom is -0.392 e. The zero-order valence-electron chi connectivity index (χ0n) is 9.87. The van der Waals surface area contributed by atoms with Crippen LogP contribution in [0.15, 0.2) is 22.7 Å². The lowest BCUT2D eigenvalue weighted by Gasteiger charge is -2.34. The van der Waals surface area contributed by atoms with Gasteiger partial charge in [0.05, 0.1) is 10.6 Å². The molecule has 1 aromatic rings. The molecule has 17 heavy (non-hydrogen) atoms. The Morgan fingerprint density at radius 2 is 2.29 bits per heavy atom. The third-order valence-electron chi connectivity index (χ3n) is 3.43. The van der Waals surface area contributed by atoms with Gasteiger partial charge in [-0.25, -0.2) is 4.39 Å². The van der Waals surface area contributed by atoms with Gasteiger partial charge in [-0.15, -0.1) is 0 Å². The lowest BCUT2D eigenvalue weighted by atomic mass is 9.96. The molecule has 2 rings (SSSR count). The molecule has 2 nitrogen and oxygen atoms in total. The Hall–Kier alpha value is -0.450. The maximum Gasteiger partial charge on any atom is 0.137 e. The largest absolute Gasteiger partial charge is 0.392 e. The zero-order chi connectivity index (χ0) is 12.4. The van der Waals surface area contributed by atoms with Crippen LogP contribution in [0.4, 0.5) is 4.39 Å². The van der Waals surface area contributed by atoms with Gasteiger partial charge >= 0.3 is 0 Å². The number of likely N-dealkylation sites (tertiary alicyclic amines) is 1. The van der Waals surface area contributed by atoms with Crippen LogP contribution in [0.3, 0.4) is 0 Å². The van der Waals surface area contributed by atoms with E-state index in [2.05, 4.69) is 27.8 Å². The van der Waals surface area contributed by atoms with E-state index in [0.29, 0.717) is 23.5 Å². The zero-order valence-corrected chi connectivity index (χ0v) is 11.5. The third-order valence-corrected chi connectivity index (χ3v) is 4.32. The minimum atomic E-state index is -0.268. The Morgan fingerprint density at radius 3 is 3.00 bits per heavy atom. The van der Waals surface area contributed by atoms with Gasteiger partial charge in [0.25, 0.3) is 0 Å². The van der Waals surface area contributed by atoms with Crippen LogP contribution in [0, 0.1) is 11.7 Å². The highest BCUT2D eigenvalue weighted by Crippen LogP contribution is 2.24. The molecule has 2 unspecified atom stereocenters. The van der Waals surface area contributed by atoms with Gasteiger partial charge in [-0.3, -0.25) is 4.90 Å². The number of β-amino-alcohol motifs (C(OH)–C–C–N with tert-alkyl or cyclic N) is 1. The molecule has 0 bridgehead atoms. The summed E-state index contributed by atoms with van der Waals surface area (Å²) in [5.74, 6) is 0.135. The summed E-state index contributed by atoms with van der Waals surface area (Å²) in [6.07, 6.45) is 0.727. The minimum absolute atomic E-state index is 0.228. The molecule has 0 radical (unpaired) electrons. The van der Waals surface area contributed by atoms with Crippen molar-refractivity contribution in [3.63, 3.8) is 0 Å². The van der Waals surface area contributed by atoms with Gasteiger partial charge in [-0.05, 0) is 46.4 Å². The fourth-order valence-corrected chi connectivity index (χ4v) is 2.56. The number of hydrogen-bond acceptors (Lipinski definition) is 2. The summed E-state index contributed by atoms with van der Waals surface area (Å²) in [6.45, 7) is 4.38. The highest BCUT2D eigenvalue weighted by Gasteiger charge is 2.24. The van der Waals surface area contributed by atoms with Crippen LogP contribution in [0.5, 0.6) is 0 Å². The first-order valence-electron chi connectivity index (χ1n) is 5.91. The molecule has 0 aliphatic carbocycles. The monoisotopic (exact) mass is 301 g/mol. The Morgan fingerprint density at radius 1 is 1.53 bits per heavy atom. The maximum absolute atomic E-state index is 13.4. The van der Waals surface area contributed by atoms with E-state index >= 15 is 0 Å². The van der Waals surface area contributed by atoms with Gasteiger partial charge in [-0.2, -0.15) is 0 Å². The van der Waals surface area contributed by atoms with Crippen molar-refractivity contribution < 1.29 is 9.50 Å². The van der Waals surface area contributed by atoms with E-state index in [1.807, 2.05) is 6.07 Å². The van der Waals surface area contributed by atoms with Crippen LogP contribution in [-0.2, 0) is 6.54 Å². The van der Waals surface area contributed by atoms with E-state index in [1.54, 1.807) is 6.07 Å². The first-order valence-corrected chi connectivity index (χ1v) is 6.70. The van der Waals surface area contributed by atoms with Crippen LogP contribution >= 0.6 is 15.9 Å². The summed E-state index contributed by atoms with van der Waals surface area (Å²) in [7, 11) is 0. The van der Waals surface area contributed by atoms with Crippen molar-refractivity contribution in [3.05, 3.63) is 34.1 Å². The molecule has 0 spiro atoms. The van der Waals surface area contributed by atoms with Crippen molar-refractivity contribution >= 4 is 15.9 Å². The van der Waals surface area contributed by atoms with E-state index in [1.165, 1.54) is 6.07 Å². The Labute approximate surface area is 110 Å². The van der Waals surface area contributed by atoms with Gasteiger partial charge < -0.3 is 5.11 Å². The van der Waals surface area contributed by atoms with Crippen molar-refractivity contribution in [1.29, 1.82) is 0 Å². The molecule has 1 fully saturated rings. The second-order valence-corrected chi connectivity index (χ2v) is 5.57. The number of benzene rings is 1. The van der Waals surface area contributed by atoms with Crippen LogP contribution in [0.25, 0.3) is 0 Å². The smallest absolute Gasteiger partial charge is 0.137 e. The second kappa shape index (κ2) is 5.46. The number of piperidine rings is 1. The summed E-state index contributed by atoms with van der Waals surface area (Å²) < 4.78 is 13.9. The Kier molecular flexibility index (Phi) is 4.17. The van der Waals surface area contributed by atoms with E-state index in [4.69, 9.17) is 0 Å². The highest BCUT2D eigenvalue weighted by molar-refractivity contribution is 9.10. The number of aliphatic hydroxyl groups is 1. The summed E-state index contributed by atoms with van der Waals surface area (Å²) in [5.41, 5.74) is 0.937. The van der Waals surface area contributed by atoms with Crippen molar-refractivity contribution in [3.8, 4) is 0 Å². The van der Waals surface area contributed by atoms with E-state index in [0.717, 1.165) is 18.5 Å². The molecule has 4 heteroatoms. The van der Waals surface area contributed by atoms with Crippen molar-refractivity contribution in [2.75, 3.05) is 13.1 Å². The summed E-state index contributed by atoms with van der Waals surface area (Å²) >= 11 is 3.27. The first-order chi connectivity index (χ1) is 8.08. The summed E-state index contributed by atoms with van der Waals surface area (Å²) in [5, 5.41) is 9.82. The molecule has 1 aromatic carbocycles. The summed E-state index contributed by atoms with van der Waals surface area (Å²) in [6, 6.07) is 5.08. The lowest BCUT2D eigenvalue weighted by molar-refractivity contribution is 0.0258. The predicted octanol–water partition coefficient (Wildman–Crippen LogP) is 2.79. The maximum atomic E-state index is 13.4. The molecule has 0 aromatic heterocycles. The topological polar surface area (TPSA) is 23.5 Å². The fourth-order valence-electron chi connectivity index (χ4n) is 2.17. The van der Waals surface area contributed by atoms with Gasteiger partial charge in [0.15, 0.2) is 0 Å². The number of hydrogen-bond donors (Lipinski definition) is 1. The van der Waals surface area contributed by atoms with Crippen LogP contribution in [0.1, 0.15) is 18.9 Å². The standard InChI is InChI=1S/C13H17BrFNO/c1-9-5-6-16(8-12(9)17)7-10-3-2-4-11(15)13(10)14/h2-4,9,12,17H,5-8H2,1H3. The molecular weight excluding hydrogens is 285 g/mol. The normalized spacial score (nSPS) is 26.1. The number of nitrogens with zero attached hydrogens (tertiary/aromatic N) is 1. The fraction of sp³-hybridized carbons (Fsp3) is 0.538. The van der Waals surface area contributed by atoms with Gasteiger partial charge in [-0.1, -0.05) is 19.1 Å². The molecule has 1 aliphatic rings. The molecule has 1 heterocycles. The lowest BCUT2D eigenvalue weighted by Crippen LogP contribution is -2.42. The highest BCUT2D eigenvalue weighted by atomic mass is 79.9. The van der Waals surface area contributed by atoms with E-state index < -0.39 is 0 Å². The van der Waals surface area contributed by atoms with Crippen LogP contribution in [-0.4, -0.2) is 29.2 Å². The van der Waals surface area contributed by atoms with Crippen LogP contribution < -0.4 is 0 Å². The second-order valence-electron chi connectivity index (χ2n) is 4.78. The Bertz CT molecular complexity index is 399. The predicted molar refractivity (Wildman–Crippen MR) is 69.2 cm³/mol. The molecule has 2 atom stereocenters. The quantitative estimate of drug-likeness (QED) is 0.908. The van der Waals surface area contributed by atoms with Gasteiger partial charge in [0, 0.05) is 13.1 Å². The molecule has 0 amide bonds. The molecule has 1 saturated heterocycles. The Balaban J connectivity index is 2.04. The SMILES string of the molecule is CC1CCN(Cc2cccc(F)c2Br)CC1O. The number of halogens is 2. The number of aliphatic hydroxyl groups excluding tert-OH is 1. The molecule has 0 saturated carbocycles. The van der Waals surface area contributed by atoms with Gasteiger partial charge in [0.2, 0.25) is 0 Å². The van der Waals surface area contributed by atoms with Gasteiger partial charge in [0.1, 0.15) is 5.82 Å². The molecule has 1 aliphatic heterocycles. The third kappa shape index (κ3) is 3.06. The van der Waals surface area contributed by atoms with E-state index in [9.17, 15) is 9.50 Å². The van der Waals surface area contributed by atoms with Crippen molar-refractivity contribution in [2.45, 2.75) is 26.0 Å². The van der Waals surface area contributed by atoms with Crippen LogP contribution in [0.2, 0.25) is 0 Å². The van der Waals surface area contributed by atoms with E-state index in [-0.39, 0.29) is 11.9 Å².